The van der Waals surface area contributed by atoms with E-state index in [1.54, 1.807) is 0 Å². The number of amides is 1. The van der Waals surface area contributed by atoms with Gasteiger partial charge in [-0.25, -0.2) is 4.79 Å². The number of carbonyl (C=O) groups is 1. The minimum atomic E-state index is -0.464. The van der Waals surface area contributed by atoms with Gasteiger partial charge in [0.2, 0.25) is 0 Å². The number of hydrogen-bond acceptors (Lipinski definition) is 6. The molecule has 0 spiro atoms. The Morgan fingerprint density at radius 1 is 1.04 bits per heavy atom. The van der Waals surface area contributed by atoms with Gasteiger partial charge in [-0.1, -0.05) is 0 Å². The first-order chi connectivity index (χ1) is 11.4. The van der Waals surface area contributed by atoms with Crippen LogP contribution in [0.4, 0.5) is 4.79 Å². The number of hydrogen-bond donors (Lipinski definition) is 2. The molecule has 0 saturated heterocycles. The van der Waals surface area contributed by atoms with Crippen LogP contribution in [0.1, 0.15) is 40.0 Å². The minimum absolute atomic E-state index is 0.0360. The van der Waals surface area contributed by atoms with Crippen molar-refractivity contribution in [3.63, 3.8) is 0 Å². The third-order valence-corrected chi connectivity index (χ3v) is 3.60. The molecule has 2 N–H and O–H groups in total. The highest BCUT2D eigenvalue weighted by Gasteiger charge is 2.27. The lowest BCUT2D eigenvalue weighted by Crippen LogP contribution is -2.38. The van der Waals surface area contributed by atoms with Crippen LogP contribution in [-0.4, -0.2) is 69.1 Å². The number of carbonyl (C=O) groups excluding carboxylic acids is 1. The Morgan fingerprint density at radius 2 is 1.67 bits per heavy atom. The third-order valence-electron chi connectivity index (χ3n) is 3.60. The van der Waals surface area contributed by atoms with Crippen LogP contribution in [0.3, 0.4) is 0 Å². The minimum Gasteiger partial charge on any atom is -0.444 e. The lowest BCUT2D eigenvalue weighted by Gasteiger charge is -2.21. The van der Waals surface area contributed by atoms with Gasteiger partial charge in [-0.05, 0) is 46.0 Å². The van der Waals surface area contributed by atoms with Crippen LogP contribution in [0.5, 0.6) is 0 Å². The Labute approximate surface area is 145 Å². The van der Waals surface area contributed by atoms with Gasteiger partial charge in [-0.15, -0.1) is 0 Å². The van der Waals surface area contributed by atoms with E-state index in [1.807, 2.05) is 20.8 Å². The van der Waals surface area contributed by atoms with Gasteiger partial charge in [-0.2, -0.15) is 0 Å². The standard InChI is InChI=1S/C17H33NO6/c1-17(2,3)24-16(20)18-15-5-4-14(12-15)13-23-11-10-22-9-8-21-7-6-19/h14-15,19H,4-13H2,1-3H3,(H,18,20)/t14-,15-/m1/s1. The summed E-state index contributed by atoms with van der Waals surface area (Å²) in [5, 5.41) is 11.5. The van der Waals surface area contributed by atoms with Crippen molar-refractivity contribution in [2.75, 3.05) is 46.2 Å². The van der Waals surface area contributed by atoms with Gasteiger partial charge in [0.25, 0.3) is 0 Å². The van der Waals surface area contributed by atoms with E-state index in [2.05, 4.69) is 5.32 Å². The first-order valence-corrected chi connectivity index (χ1v) is 8.74. The summed E-state index contributed by atoms with van der Waals surface area (Å²) in [7, 11) is 0. The van der Waals surface area contributed by atoms with E-state index in [0.717, 1.165) is 19.3 Å². The largest absolute Gasteiger partial charge is 0.444 e. The summed E-state index contributed by atoms with van der Waals surface area (Å²) in [6.07, 6.45) is 2.60. The number of aliphatic hydroxyl groups is 1. The zero-order valence-corrected chi connectivity index (χ0v) is 15.2. The molecule has 1 aliphatic rings. The molecule has 1 saturated carbocycles. The van der Waals surface area contributed by atoms with Gasteiger partial charge >= 0.3 is 6.09 Å². The van der Waals surface area contributed by atoms with Crippen molar-refractivity contribution in [3.05, 3.63) is 0 Å². The van der Waals surface area contributed by atoms with Gasteiger partial charge in [-0.3, -0.25) is 0 Å². The summed E-state index contributed by atoms with van der Waals surface area (Å²) in [6.45, 7) is 8.74. The molecule has 24 heavy (non-hydrogen) atoms. The van der Waals surface area contributed by atoms with Crippen LogP contribution in [0, 0.1) is 5.92 Å². The van der Waals surface area contributed by atoms with Crippen molar-refractivity contribution < 1.29 is 28.8 Å². The predicted octanol–water partition coefficient (Wildman–Crippen LogP) is 1.72. The van der Waals surface area contributed by atoms with Crippen molar-refractivity contribution in [1.82, 2.24) is 5.32 Å². The maximum Gasteiger partial charge on any atom is 0.407 e. The highest BCUT2D eigenvalue weighted by Crippen LogP contribution is 2.26. The van der Waals surface area contributed by atoms with Crippen LogP contribution in [0.25, 0.3) is 0 Å². The Kier molecular flexibility index (Phi) is 10.2. The molecule has 0 heterocycles. The van der Waals surface area contributed by atoms with Gasteiger partial charge in [0.05, 0.1) is 39.6 Å². The smallest absolute Gasteiger partial charge is 0.407 e. The molecule has 0 aromatic carbocycles. The van der Waals surface area contributed by atoms with Crippen LogP contribution in [-0.2, 0) is 18.9 Å². The Hall–Kier alpha value is -0.890. The maximum absolute atomic E-state index is 11.7. The van der Waals surface area contributed by atoms with Crippen LogP contribution < -0.4 is 5.32 Å². The summed E-state index contributed by atoms with van der Waals surface area (Å²) in [5.74, 6) is 0.470. The molecule has 1 fully saturated rings. The summed E-state index contributed by atoms with van der Waals surface area (Å²) in [4.78, 5) is 11.7. The quantitative estimate of drug-likeness (QED) is 0.554. The predicted molar refractivity (Wildman–Crippen MR) is 90.0 cm³/mol. The molecule has 0 bridgehead atoms. The second-order valence-electron chi connectivity index (χ2n) is 7.05. The second kappa shape index (κ2) is 11.6. The monoisotopic (exact) mass is 347 g/mol. The molecule has 7 nitrogen and oxygen atoms in total. The van der Waals surface area contributed by atoms with Gasteiger partial charge in [0.1, 0.15) is 5.60 Å². The van der Waals surface area contributed by atoms with Crippen molar-refractivity contribution in [3.8, 4) is 0 Å². The fourth-order valence-corrected chi connectivity index (χ4v) is 2.59. The molecular formula is C17H33NO6. The van der Waals surface area contributed by atoms with E-state index in [1.165, 1.54) is 0 Å². The second-order valence-corrected chi connectivity index (χ2v) is 7.05. The molecule has 2 atom stereocenters. The van der Waals surface area contributed by atoms with Crippen molar-refractivity contribution in [2.45, 2.75) is 51.7 Å². The summed E-state index contributed by atoms with van der Waals surface area (Å²) >= 11 is 0. The SMILES string of the molecule is CC(C)(C)OC(=O)N[C@@H]1CC[C@@H](COCCOCCOCCO)C1. The lowest BCUT2D eigenvalue weighted by molar-refractivity contribution is 0.00204. The van der Waals surface area contributed by atoms with E-state index < -0.39 is 5.60 Å². The van der Waals surface area contributed by atoms with Gasteiger partial charge in [0, 0.05) is 12.6 Å². The molecule has 1 rings (SSSR count). The van der Waals surface area contributed by atoms with Crippen molar-refractivity contribution >= 4 is 6.09 Å². The third kappa shape index (κ3) is 10.8. The molecule has 7 heteroatoms. The normalized spacial score (nSPS) is 21.0. The number of rotatable bonds is 11. The van der Waals surface area contributed by atoms with E-state index in [-0.39, 0.29) is 18.7 Å². The Morgan fingerprint density at radius 3 is 2.29 bits per heavy atom. The van der Waals surface area contributed by atoms with E-state index >= 15 is 0 Å². The summed E-state index contributed by atoms with van der Waals surface area (Å²) in [5.41, 5.74) is -0.464. The molecular weight excluding hydrogens is 314 g/mol. The highest BCUT2D eigenvalue weighted by atomic mass is 16.6. The molecule has 1 aliphatic carbocycles. The summed E-state index contributed by atoms with van der Waals surface area (Å²) < 4.78 is 21.3. The maximum atomic E-state index is 11.7. The molecule has 0 unspecified atom stereocenters. The summed E-state index contributed by atoms with van der Waals surface area (Å²) in [6, 6.07) is 0.174. The van der Waals surface area contributed by atoms with E-state index in [4.69, 9.17) is 24.1 Å². The Bertz CT molecular complexity index is 344. The number of aliphatic hydroxyl groups excluding tert-OH is 1. The highest BCUT2D eigenvalue weighted by molar-refractivity contribution is 5.68. The number of nitrogens with one attached hydrogen (secondary N) is 1. The topological polar surface area (TPSA) is 86.3 Å². The molecule has 0 aliphatic heterocycles. The lowest BCUT2D eigenvalue weighted by atomic mass is 10.1. The molecule has 0 radical (unpaired) electrons. The fourth-order valence-electron chi connectivity index (χ4n) is 2.59. The molecule has 1 amide bonds. The average molecular weight is 347 g/mol. The Balaban J connectivity index is 1.98. The zero-order valence-electron chi connectivity index (χ0n) is 15.2. The van der Waals surface area contributed by atoms with E-state index in [9.17, 15) is 4.79 Å². The molecule has 142 valence electrons. The van der Waals surface area contributed by atoms with E-state index in [0.29, 0.717) is 45.6 Å². The van der Waals surface area contributed by atoms with Crippen LogP contribution in [0.15, 0.2) is 0 Å². The first kappa shape index (κ1) is 21.2. The van der Waals surface area contributed by atoms with Crippen LogP contribution >= 0.6 is 0 Å². The average Bonchev–Trinajstić information content (AvgIpc) is 2.91. The fraction of sp³-hybridized carbons (Fsp3) is 0.941. The van der Waals surface area contributed by atoms with Gasteiger partial charge < -0.3 is 29.4 Å². The first-order valence-electron chi connectivity index (χ1n) is 8.74. The zero-order chi connectivity index (χ0) is 17.8. The molecule has 0 aromatic heterocycles. The van der Waals surface area contributed by atoms with Crippen molar-refractivity contribution in [2.24, 2.45) is 5.92 Å². The number of ether oxygens (including phenoxy) is 4. The molecule has 0 aromatic rings. The van der Waals surface area contributed by atoms with Crippen molar-refractivity contribution in [1.29, 1.82) is 0 Å². The van der Waals surface area contributed by atoms with Crippen LogP contribution in [0.2, 0.25) is 0 Å². The number of alkyl carbamates (subject to hydrolysis) is 1. The van der Waals surface area contributed by atoms with Gasteiger partial charge in [0.15, 0.2) is 0 Å².